The lowest BCUT2D eigenvalue weighted by Gasteiger charge is -2.12. The number of halogens is 1. The third-order valence-corrected chi connectivity index (χ3v) is 4.08. The van der Waals surface area contributed by atoms with Crippen LogP contribution in [-0.2, 0) is 6.42 Å². The first kappa shape index (κ1) is 19.3. The van der Waals surface area contributed by atoms with Crippen LogP contribution in [0.25, 0.3) is 0 Å². The van der Waals surface area contributed by atoms with E-state index in [9.17, 15) is 9.18 Å². The molecule has 3 rings (SSSR count). The van der Waals surface area contributed by atoms with Gasteiger partial charge >= 0.3 is 0 Å². The van der Waals surface area contributed by atoms with Crippen molar-refractivity contribution < 1.29 is 13.9 Å². The molecule has 0 aliphatic carbocycles. The normalized spacial score (nSPS) is 10.4. The number of nitrogens with one attached hydrogen (secondary N) is 2. The molecular formula is C21H21FN4O2. The summed E-state index contributed by atoms with van der Waals surface area (Å²) in [6.45, 7) is 2.02. The Kier molecular flexibility index (Phi) is 6.16. The first-order valence-electron chi connectivity index (χ1n) is 8.84. The maximum absolute atomic E-state index is 13.7. The van der Waals surface area contributed by atoms with Crippen LogP contribution in [0.4, 0.5) is 15.9 Å². The van der Waals surface area contributed by atoms with Gasteiger partial charge in [-0.05, 0) is 37.1 Å². The molecule has 0 fully saturated rings. The molecule has 144 valence electrons. The third-order valence-electron chi connectivity index (χ3n) is 4.08. The van der Waals surface area contributed by atoms with Crippen LogP contribution < -0.4 is 15.4 Å². The van der Waals surface area contributed by atoms with E-state index in [1.54, 1.807) is 38.3 Å². The van der Waals surface area contributed by atoms with Crippen LogP contribution in [-0.4, -0.2) is 29.5 Å². The van der Waals surface area contributed by atoms with Crippen molar-refractivity contribution >= 4 is 17.4 Å². The highest BCUT2D eigenvalue weighted by molar-refractivity contribution is 5.93. The van der Waals surface area contributed by atoms with Gasteiger partial charge in [0.2, 0.25) is 0 Å². The first-order valence-corrected chi connectivity index (χ1v) is 8.84. The Bertz CT molecular complexity index is 978. The molecule has 7 heteroatoms. The van der Waals surface area contributed by atoms with Crippen molar-refractivity contribution in [1.82, 2.24) is 15.3 Å². The van der Waals surface area contributed by atoms with Gasteiger partial charge in [-0.3, -0.25) is 4.79 Å². The van der Waals surface area contributed by atoms with E-state index in [4.69, 9.17) is 4.74 Å². The molecule has 1 heterocycles. The van der Waals surface area contributed by atoms with E-state index in [1.807, 2.05) is 24.3 Å². The van der Waals surface area contributed by atoms with Crippen molar-refractivity contribution in [3.63, 3.8) is 0 Å². The number of hydrogen-bond donors (Lipinski definition) is 2. The standard InChI is InChI=1S/C21H21FN4O2/c1-14-24-18(21(27)23-12-11-15-7-3-4-8-16(15)22)13-20(25-14)26-17-9-5-6-10-19(17)28-2/h3-10,13H,11-12H2,1-2H3,(H,23,27)(H,24,25,26). The number of para-hydroxylation sites is 2. The molecule has 0 spiro atoms. The molecule has 0 bridgehead atoms. The summed E-state index contributed by atoms with van der Waals surface area (Å²) >= 11 is 0. The average Bonchev–Trinajstić information content (AvgIpc) is 2.69. The fourth-order valence-electron chi connectivity index (χ4n) is 2.74. The minimum absolute atomic E-state index is 0.235. The zero-order valence-electron chi connectivity index (χ0n) is 15.7. The maximum atomic E-state index is 13.7. The summed E-state index contributed by atoms with van der Waals surface area (Å²) in [5.74, 6) is 0.980. The van der Waals surface area contributed by atoms with E-state index >= 15 is 0 Å². The van der Waals surface area contributed by atoms with Crippen molar-refractivity contribution in [2.45, 2.75) is 13.3 Å². The quantitative estimate of drug-likeness (QED) is 0.654. The lowest BCUT2D eigenvalue weighted by Crippen LogP contribution is -2.27. The van der Waals surface area contributed by atoms with Gasteiger partial charge in [-0.2, -0.15) is 0 Å². The van der Waals surface area contributed by atoms with Crippen LogP contribution in [0.1, 0.15) is 21.9 Å². The van der Waals surface area contributed by atoms with Gasteiger partial charge in [0, 0.05) is 12.6 Å². The number of ether oxygens (including phenoxy) is 1. The number of anilines is 2. The predicted octanol–water partition coefficient (Wildman–Crippen LogP) is 3.65. The molecule has 1 aromatic heterocycles. The maximum Gasteiger partial charge on any atom is 0.270 e. The van der Waals surface area contributed by atoms with Gasteiger partial charge in [-0.25, -0.2) is 14.4 Å². The molecule has 2 aromatic carbocycles. The van der Waals surface area contributed by atoms with Crippen LogP contribution in [0.5, 0.6) is 5.75 Å². The summed E-state index contributed by atoms with van der Waals surface area (Å²) in [6.07, 6.45) is 0.398. The molecule has 0 aliphatic heterocycles. The highest BCUT2D eigenvalue weighted by Gasteiger charge is 2.12. The summed E-state index contributed by atoms with van der Waals surface area (Å²) in [6, 6.07) is 15.5. The lowest BCUT2D eigenvalue weighted by molar-refractivity contribution is 0.0948. The SMILES string of the molecule is COc1ccccc1Nc1cc(C(=O)NCCc2ccccc2F)nc(C)n1. The van der Waals surface area contributed by atoms with Crippen LogP contribution in [0, 0.1) is 12.7 Å². The zero-order valence-corrected chi connectivity index (χ0v) is 15.7. The lowest BCUT2D eigenvalue weighted by atomic mass is 10.1. The molecule has 3 aromatic rings. The van der Waals surface area contributed by atoms with E-state index in [1.165, 1.54) is 6.07 Å². The molecule has 0 atom stereocenters. The van der Waals surface area contributed by atoms with Crippen molar-refractivity contribution in [2.75, 3.05) is 19.0 Å². The number of hydrogen-bond acceptors (Lipinski definition) is 5. The van der Waals surface area contributed by atoms with Crippen molar-refractivity contribution in [1.29, 1.82) is 0 Å². The monoisotopic (exact) mass is 380 g/mol. The summed E-state index contributed by atoms with van der Waals surface area (Å²) in [5, 5.41) is 5.91. The number of carbonyl (C=O) groups is 1. The van der Waals surface area contributed by atoms with Gasteiger partial charge in [-0.1, -0.05) is 30.3 Å². The Morgan fingerprint density at radius 1 is 1.11 bits per heavy atom. The number of aromatic nitrogens is 2. The minimum Gasteiger partial charge on any atom is -0.495 e. The number of nitrogens with zero attached hydrogens (tertiary/aromatic N) is 2. The second kappa shape index (κ2) is 8.94. The Balaban J connectivity index is 1.68. The Labute approximate surface area is 162 Å². The van der Waals surface area contributed by atoms with Crippen molar-refractivity contribution in [3.05, 3.63) is 77.5 Å². The zero-order chi connectivity index (χ0) is 19.9. The molecular weight excluding hydrogens is 359 g/mol. The number of carbonyl (C=O) groups excluding carboxylic acids is 1. The summed E-state index contributed by atoms with van der Waals surface area (Å²) < 4.78 is 19.0. The number of benzene rings is 2. The highest BCUT2D eigenvalue weighted by Crippen LogP contribution is 2.26. The topological polar surface area (TPSA) is 76.1 Å². The van der Waals surface area contributed by atoms with E-state index in [0.29, 0.717) is 35.9 Å². The Hall–Kier alpha value is -3.48. The van der Waals surface area contributed by atoms with E-state index in [-0.39, 0.29) is 17.4 Å². The molecule has 28 heavy (non-hydrogen) atoms. The molecule has 0 saturated heterocycles. The predicted molar refractivity (Wildman–Crippen MR) is 105 cm³/mol. The largest absolute Gasteiger partial charge is 0.495 e. The molecule has 6 nitrogen and oxygen atoms in total. The van der Waals surface area contributed by atoms with Crippen LogP contribution in [0.2, 0.25) is 0 Å². The van der Waals surface area contributed by atoms with Crippen LogP contribution in [0.15, 0.2) is 54.6 Å². The van der Waals surface area contributed by atoms with Crippen molar-refractivity contribution in [3.8, 4) is 5.75 Å². The molecule has 0 radical (unpaired) electrons. The molecule has 0 unspecified atom stereocenters. The number of methoxy groups -OCH3 is 1. The average molecular weight is 380 g/mol. The fourth-order valence-corrected chi connectivity index (χ4v) is 2.74. The Morgan fingerprint density at radius 2 is 1.86 bits per heavy atom. The van der Waals surface area contributed by atoms with Gasteiger partial charge in [0.05, 0.1) is 12.8 Å². The second-order valence-electron chi connectivity index (χ2n) is 6.11. The van der Waals surface area contributed by atoms with E-state index in [0.717, 1.165) is 5.69 Å². The molecule has 0 aliphatic rings. The first-order chi connectivity index (χ1) is 13.6. The number of amides is 1. The smallest absolute Gasteiger partial charge is 0.270 e. The van der Waals surface area contributed by atoms with E-state index < -0.39 is 0 Å². The van der Waals surface area contributed by atoms with Gasteiger partial charge in [0.15, 0.2) is 0 Å². The van der Waals surface area contributed by atoms with Gasteiger partial charge in [0.25, 0.3) is 5.91 Å². The number of aryl methyl sites for hydroxylation is 1. The fraction of sp³-hybridized carbons (Fsp3) is 0.190. The Morgan fingerprint density at radius 3 is 2.64 bits per heavy atom. The molecule has 2 N–H and O–H groups in total. The summed E-state index contributed by atoms with van der Waals surface area (Å²) in [5.41, 5.74) is 1.52. The van der Waals surface area contributed by atoms with Gasteiger partial charge < -0.3 is 15.4 Å². The van der Waals surface area contributed by atoms with Crippen molar-refractivity contribution in [2.24, 2.45) is 0 Å². The van der Waals surface area contributed by atoms with Crippen LogP contribution >= 0.6 is 0 Å². The number of rotatable bonds is 7. The minimum atomic E-state index is -0.343. The third kappa shape index (κ3) is 4.82. The highest BCUT2D eigenvalue weighted by atomic mass is 19.1. The van der Waals surface area contributed by atoms with Crippen LogP contribution in [0.3, 0.4) is 0 Å². The van der Waals surface area contributed by atoms with Gasteiger partial charge in [0.1, 0.15) is 28.9 Å². The van der Waals surface area contributed by atoms with Gasteiger partial charge in [-0.15, -0.1) is 0 Å². The van der Waals surface area contributed by atoms with E-state index in [2.05, 4.69) is 20.6 Å². The summed E-state index contributed by atoms with van der Waals surface area (Å²) in [4.78, 5) is 21.0. The summed E-state index contributed by atoms with van der Waals surface area (Å²) in [7, 11) is 1.58. The second-order valence-corrected chi connectivity index (χ2v) is 6.11. The molecule has 1 amide bonds. The molecule has 0 saturated carbocycles.